The van der Waals surface area contributed by atoms with Gasteiger partial charge in [-0.15, -0.1) is 0 Å². The number of carbonyl (C=O) groups excluding carboxylic acids is 1. The van der Waals surface area contributed by atoms with Crippen LogP contribution in [0.4, 0.5) is 0 Å². The average Bonchev–Trinajstić information content (AvgIpc) is 2.25. The fraction of sp³-hybridized carbons (Fsp3) is 0.500. The Labute approximate surface area is 117 Å². The molecular weight excluding hydrogens is 292 g/mol. The van der Waals surface area contributed by atoms with Crippen LogP contribution in [0, 0.1) is 6.92 Å². The maximum atomic E-state index is 12.5. The van der Waals surface area contributed by atoms with Crippen LogP contribution in [0.1, 0.15) is 29.8 Å². The number of halogens is 1. The number of aryl methyl sites for hydroxylation is 1. The van der Waals surface area contributed by atoms with E-state index in [0.717, 1.165) is 28.7 Å². The Hall–Kier alpha value is -0.870. The number of benzene rings is 1. The van der Waals surface area contributed by atoms with E-state index in [9.17, 15) is 4.79 Å². The Morgan fingerprint density at radius 3 is 2.44 bits per heavy atom. The molecule has 0 saturated carbocycles. The molecule has 1 saturated heterocycles. The van der Waals surface area contributed by atoms with Gasteiger partial charge in [0.1, 0.15) is 0 Å². The van der Waals surface area contributed by atoms with Crippen molar-refractivity contribution in [2.75, 3.05) is 13.1 Å². The standard InChI is InChI=1S/C14H19BrN2O/c1-9-4-12(6-13(15)5-9)14(18)17-7-10(2)16-11(3)8-17/h4-6,10-11,16H,7-8H2,1-3H3. The number of rotatable bonds is 1. The third-order valence-electron chi connectivity index (χ3n) is 3.13. The van der Waals surface area contributed by atoms with Crippen molar-refractivity contribution in [1.29, 1.82) is 0 Å². The Kier molecular flexibility index (Phi) is 4.07. The summed E-state index contributed by atoms with van der Waals surface area (Å²) in [4.78, 5) is 14.4. The normalized spacial score (nSPS) is 24.1. The molecule has 1 N–H and O–H groups in total. The van der Waals surface area contributed by atoms with E-state index in [1.165, 1.54) is 0 Å². The van der Waals surface area contributed by atoms with Crippen molar-refractivity contribution in [3.8, 4) is 0 Å². The van der Waals surface area contributed by atoms with E-state index >= 15 is 0 Å². The number of nitrogens with zero attached hydrogens (tertiary/aromatic N) is 1. The average molecular weight is 311 g/mol. The summed E-state index contributed by atoms with van der Waals surface area (Å²) in [6, 6.07) is 6.56. The van der Waals surface area contributed by atoms with Gasteiger partial charge < -0.3 is 10.2 Å². The summed E-state index contributed by atoms with van der Waals surface area (Å²) in [6.45, 7) is 7.78. The highest BCUT2D eigenvalue weighted by Gasteiger charge is 2.25. The second kappa shape index (κ2) is 5.41. The van der Waals surface area contributed by atoms with Crippen LogP contribution in [0.5, 0.6) is 0 Å². The van der Waals surface area contributed by atoms with Crippen molar-refractivity contribution in [3.63, 3.8) is 0 Å². The first kappa shape index (κ1) is 13.6. The van der Waals surface area contributed by atoms with Gasteiger partial charge in [-0.1, -0.05) is 15.9 Å². The van der Waals surface area contributed by atoms with Gasteiger partial charge in [0.15, 0.2) is 0 Å². The highest BCUT2D eigenvalue weighted by atomic mass is 79.9. The highest BCUT2D eigenvalue weighted by Crippen LogP contribution is 2.18. The van der Waals surface area contributed by atoms with E-state index in [0.29, 0.717) is 12.1 Å². The van der Waals surface area contributed by atoms with Crippen molar-refractivity contribution in [3.05, 3.63) is 33.8 Å². The van der Waals surface area contributed by atoms with Gasteiger partial charge in [-0.3, -0.25) is 4.79 Å². The molecule has 2 atom stereocenters. The molecule has 0 spiro atoms. The van der Waals surface area contributed by atoms with Gasteiger partial charge in [-0.2, -0.15) is 0 Å². The predicted octanol–water partition coefficient (Wildman–Crippen LogP) is 2.58. The summed E-state index contributed by atoms with van der Waals surface area (Å²) < 4.78 is 0.960. The van der Waals surface area contributed by atoms with E-state index in [-0.39, 0.29) is 5.91 Å². The molecule has 1 aromatic carbocycles. The summed E-state index contributed by atoms with van der Waals surface area (Å²) in [6.07, 6.45) is 0. The highest BCUT2D eigenvalue weighted by molar-refractivity contribution is 9.10. The summed E-state index contributed by atoms with van der Waals surface area (Å²) >= 11 is 3.45. The number of hydrogen-bond donors (Lipinski definition) is 1. The summed E-state index contributed by atoms with van der Waals surface area (Å²) in [5.41, 5.74) is 1.87. The third kappa shape index (κ3) is 3.12. The van der Waals surface area contributed by atoms with Gasteiger partial charge in [0.25, 0.3) is 5.91 Å². The first-order valence-electron chi connectivity index (χ1n) is 6.28. The smallest absolute Gasteiger partial charge is 0.254 e. The van der Waals surface area contributed by atoms with Crippen molar-refractivity contribution < 1.29 is 4.79 Å². The third-order valence-corrected chi connectivity index (χ3v) is 3.59. The number of carbonyl (C=O) groups is 1. The molecule has 0 aromatic heterocycles. The molecule has 1 amide bonds. The first-order valence-corrected chi connectivity index (χ1v) is 7.07. The van der Waals surface area contributed by atoms with Crippen molar-refractivity contribution in [2.45, 2.75) is 32.9 Å². The van der Waals surface area contributed by atoms with E-state index in [2.05, 4.69) is 35.1 Å². The molecule has 0 radical (unpaired) electrons. The maximum absolute atomic E-state index is 12.5. The van der Waals surface area contributed by atoms with Crippen molar-refractivity contribution in [2.24, 2.45) is 0 Å². The van der Waals surface area contributed by atoms with E-state index in [1.807, 2.05) is 30.0 Å². The Morgan fingerprint density at radius 2 is 1.89 bits per heavy atom. The lowest BCUT2D eigenvalue weighted by Crippen LogP contribution is -2.55. The molecule has 1 aliphatic heterocycles. The van der Waals surface area contributed by atoms with Crippen molar-refractivity contribution in [1.82, 2.24) is 10.2 Å². The topological polar surface area (TPSA) is 32.3 Å². The molecule has 1 aliphatic rings. The molecule has 18 heavy (non-hydrogen) atoms. The Balaban J connectivity index is 2.20. The van der Waals surface area contributed by atoms with Gasteiger partial charge in [-0.05, 0) is 44.5 Å². The lowest BCUT2D eigenvalue weighted by molar-refractivity contribution is 0.0673. The van der Waals surface area contributed by atoms with Crippen molar-refractivity contribution >= 4 is 21.8 Å². The molecule has 2 rings (SSSR count). The van der Waals surface area contributed by atoms with Gasteiger partial charge in [0.2, 0.25) is 0 Å². The first-order chi connectivity index (χ1) is 8.45. The minimum atomic E-state index is 0.125. The van der Waals surface area contributed by atoms with Crippen LogP contribution in [0.2, 0.25) is 0 Å². The molecule has 4 heteroatoms. The molecule has 3 nitrogen and oxygen atoms in total. The van der Waals surface area contributed by atoms with Gasteiger partial charge in [0.05, 0.1) is 0 Å². The molecule has 1 aromatic rings. The van der Waals surface area contributed by atoms with Crippen LogP contribution in [0.25, 0.3) is 0 Å². The molecule has 1 heterocycles. The Bertz CT molecular complexity index is 431. The number of piperazine rings is 1. The van der Waals surface area contributed by atoms with Gasteiger partial charge in [0, 0.05) is 35.2 Å². The summed E-state index contributed by atoms with van der Waals surface area (Å²) in [5, 5.41) is 3.44. The molecule has 0 bridgehead atoms. The monoisotopic (exact) mass is 310 g/mol. The largest absolute Gasteiger partial charge is 0.336 e. The Morgan fingerprint density at radius 1 is 1.28 bits per heavy atom. The fourth-order valence-electron chi connectivity index (χ4n) is 2.54. The van der Waals surface area contributed by atoms with E-state index in [1.54, 1.807) is 0 Å². The zero-order chi connectivity index (χ0) is 13.3. The molecule has 1 fully saturated rings. The zero-order valence-corrected chi connectivity index (χ0v) is 12.6. The lowest BCUT2D eigenvalue weighted by atomic mass is 10.1. The maximum Gasteiger partial charge on any atom is 0.254 e. The van der Waals surface area contributed by atoms with Crippen LogP contribution in [0.3, 0.4) is 0 Å². The quantitative estimate of drug-likeness (QED) is 0.864. The minimum absolute atomic E-state index is 0.125. The lowest BCUT2D eigenvalue weighted by Gasteiger charge is -2.36. The minimum Gasteiger partial charge on any atom is -0.336 e. The molecule has 98 valence electrons. The summed E-state index contributed by atoms with van der Waals surface area (Å²) in [7, 11) is 0. The summed E-state index contributed by atoms with van der Waals surface area (Å²) in [5.74, 6) is 0.125. The molecule has 2 unspecified atom stereocenters. The van der Waals surface area contributed by atoms with Crippen LogP contribution in [0.15, 0.2) is 22.7 Å². The zero-order valence-electron chi connectivity index (χ0n) is 11.0. The van der Waals surface area contributed by atoms with Crippen LogP contribution in [-0.2, 0) is 0 Å². The molecule has 0 aliphatic carbocycles. The number of hydrogen-bond acceptors (Lipinski definition) is 2. The van der Waals surface area contributed by atoms with Gasteiger partial charge >= 0.3 is 0 Å². The number of amides is 1. The number of nitrogens with one attached hydrogen (secondary N) is 1. The molecular formula is C14H19BrN2O. The SMILES string of the molecule is Cc1cc(Br)cc(C(=O)N2CC(C)NC(C)C2)c1. The second-order valence-electron chi connectivity index (χ2n) is 5.20. The van der Waals surface area contributed by atoms with E-state index in [4.69, 9.17) is 0 Å². The van der Waals surface area contributed by atoms with Gasteiger partial charge in [-0.25, -0.2) is 0 Å². The van der Waals surface area contributed by atoms with E-state index < -0.39 is 0 Å². The fourth-order valence-corrected chi connectivity index (χ4v) is 3.14. The van der Waals surface area contributed by atoms with Crippen LogP contribution in [-0.4, -0.2) is 36.0 Å². The predicted molar refractivity (Wildman–Crippen MR) is 76.8 cm³/mol. The van der Waals surface area contributed by atoms with Crippen LogP contribution < -0.4 is 5.32 Å². The second-order valence-corrected chi connectivity index (χ2v) is 6.11. The van der Waals surface area contributed by atoms with Crippen LogP contribution >= 0.6 is 15.9 Å².